The minimum atomic E-state index is -0.944. The Bertz CT molecular complexity index is 305. The largest absolute Gasteiger partial charge is 0.481 e. The summed E-state index contributed by atoms with van der Waals surface area (Å²) in [6, 6.07) is -0.510. The summed E-state index contributed by atoms with van der Waals surface area (Å²) in [5.41, 5.74) is 0. The molecule has 0 aliphatic carbocycles. The van der Waals surface area contributed by atoms with Gasteiger partial charge in [0.25, 0.3) is 0 Å². The van der Waals surface area contributed by atoms with Gasteiger partial charge in [-0.15, -0.1) is 0 Å². The molecule has 0 saturated carbocycles. The summed E-state index contributed by atoms with van der Waals surface area (Å²) in [5.74, 6) is -1.67. The maximum Gasteiger partial charge on any atom is 0.321 e. The van der Waals surface area contributed by atoms with Crippen molar-refractivity contribution < 1.29 is 19.5 Å². The molecule has 110 valence electrons. The summed E-state index contributed by atoms with van der Waals surface area (Å²) in [5, 5.41) is 13.3. The maximum absolute atomic E-state index is 11.4. The second-order valence-electron chi connectivity index (χ2n) is 4.77. The number of unbranched alkanes of at least 4 members (excludes halogenated alkanes) is 3. The number of amides is 3. The van der Waals surface area contributed by atoms with Gasteiger partial charge >= 0.3 is 12.0 Å². The molecule has 0 aromatic heterocycles. The van der Waals surface area contributed by atoms with Crippen LogP contribution in [-0.2, 0) is 9.59 Å². The van der Waals surface area contributed by atoms with Gasteiger partial charge in [-0.1, -0.05) is 33.1 Å². The fourth-order valence-electron chi connectivity index (χ4n) is 1.66. The van der Waals surface area contributed by atoms with E-state index in [1.807, 2.05) is 0 Å². The van der Waals surface area contributed by atoms with Crippen molar-refractivity contribution in [1.29, 1.82) is 0 Å². The smallest absolute Gasteiger partial charge is 0.321 e. The summed E-state index contributed by atoms with van der Waals surface area (Å²) < 4.78 is 0. The Morgan fingerprint density at radius 1 is 1.11 bits per heavy atom. The molecule has 0 saturated heterocycles. The minimum Gasteiger partial charge on any atom is -0.481 e. The second kappa shape index (κ2) is 10.3. The number of carboxylic acids is 1. The summed E-state index contributed by atoms with van der Waals surface area (Å²) in [6.45, 7) is 4.32. The minimum absolute atomic E-state index is 0.0373. The van der Waals surface area contributed by atoms with E-state index in [4.69, 9.17) is 5.11 Å². The van der Waals surface area contributed by atoms with E-state index in [0.29, 0.717) is 6.54 Å². The van der Waals surface area contributed by atoms with E-state index < -0.39 is 17.9 Å². The van der Waals surface area contributed by atoms with Gasteiger partial charge in [-0.25, -0.2) is 4.79 Å². The van der Waals surface area contributed by atoms with Gasteiger partial charge in [0.2, 0.25) is 5.91 Å². The predicted octanol–water partition coefficient (Wildman–Crippen LogP) is 1.89. The molecule has 0 bridgehead atoms. The van der Waals surface area contributed by atoms with Crippen LogP contribution < -0.4 is 10.6 Å². The zero-order valence-electron chi connectivity index (χ0n) is 11.7. The van der Waals surface area contributed by atoms with Crippen molar-refractivity contribution in [1.82, 2.24) is 10.6 Å². The van der Waals surface area contributed by atoms with Crippen molar-refractivity contribution in [2.24, 2.45) is 5.92 Å². The number of urea groups is 1. The number of aliphatic carboxylic acids is 1. The van der Waals surface area contributed by atoms with Crippen LogP contribution >= 0.6 is 0 Å². The van der Waals surface area contributed by atoms with Gasteiger partial charge in [0.05, 0.1) is 0 Å². The summed E-state index contributed by atoms with van der Waals surface area (Å²) in [6.07, 6.45) is 4.17. The zero-order valence-corrected chi connectivity index (χ0v) is 11.7. The number of hydrogen-bond donors (Lipinski definition) is 3. The van der Waals surface area contributed by atoms with E-state index >= 15 is 0 Å². The number of rotatable bonds is 9. The van der Waals surface area contributed by atoms with Crippen LogP contribution in [0.25, 0.3) is 0 Å². The van der Waals surface area contributed by atoms with Crippen molar-refractivity contribution in [3.8, 4) is 0 Å². The van der Waals surface area contributed by atoms with E-state index in [-0.39, 0.29) is 18.8 Å². The summed E-state index contributed by atoms with van der Waals surface area (Å²) in [7, 11) is 0. The van der Waals surface area contributed by atoms with Gasteiger partial charge in [-0.3, -0.25) is 14.9 Å². The molecule has 6 heteroatoms. The number of imide groups is 1. The average molecular weight is 272 g/mol. The standard InChI is InChI=1S/C13H24N2O4/c1-3-4-5-6-7-14-13(19)15-11(16)8-10(2)9-12(17)18/h10H,3-9H2,1-2H3,(H,17,18)(H2,14,15,16,19). The number of carbonyl (C=O) groups excluding carboxylic acids is 2. The second-order valence-corrected chi connectivity index (χ2v) is 4.77. The Balaban J connectivity index is 3.68. The highest BCUT2D eigenvalue weighted by Crippen LogP contribution is 2.06. The SMILES string of the molecule is CCCCCCNC(=O)NC(=O)CC(C)CC(=O)O. The number of carbonyl (C=O) groups is 3. The van der Waals surface area contributed by atoms with Crippen molar-refractivity contribution in [2.75, 3.05) is 6.54 Å². The van der Waals surface area contributed by atoms with Crippen LogP contribution in [0.5, 0.6) is 0 Å². The quantitative estimate of drug-likeness (QED) is 0.558. The van der Waals surface area contributed by atoms with Gasteiger partial charge in [0.15, 0.2) is 0 Å². The van der Waals surface area contributed by atoms with Crippen LogP contribution in [0.3, 0.4) is 0 Å². The van der Waals surface area contributed by atoms with E-state index in [0.717, 1.165) is 25.7 Å². The molecule has 19 heavy (non-hydrogen) atoms. The molecule has 3 amide bonds. The molecule has 0 aromatic rings. The van der Waals surface area contributed by atoms with Crippen LogP contribution in [0, 0.1) is 5.92 Å². The summed E-state index contributed by atoms with van der Waals surface area (Å²) in [4.78, 5) is 33.2. The van der Waals surface area contributed by atoms with Crippen molar-refractivity contribution in [2.45, 2.75) is 52.4 Å². The molecule has 6 nitrogen and oxygen atoms in total. The lowest BCUT2D eigenvalue weighted by Gasteiger charge is -2.09. The monoisotopic (exact) mass is 272 g/mol. The van der Waals surface area contributed by atoms with Gasteiger partial charge in [-0.05, 0) is 12.3 Å². The molecule has 0 rings (SSSR count). The fraction of sp³-hybridized carbons (Fsp3) is 0.769. The Morgan fingerprint density at radius 2 is 1.79 bits per heavy atom. The van der Waals surface area contributed by atoms with E-state index in [2.05, 4.69) is 17.6 Å². The third kappa shape index (κ3) is 11.2. The van der Waals surface area contributed by atoms with Crippen molar-refractivity contribution >= 4 is 17.9 Å². The molecule has 0 aliphatic heterocycles. The van der Waals surface area contributed by atoms with Gasteiger partial charge in [0, 0.05) is 19.4 Å². The van der Waals surface area contributed by atoms with Crippen LogP contribution in [0.1, 0.15) is 52.4 Å². The highest BCUT2D eigenvalue weighted by molar-refractivity contribution is 5.94. The summed E-state index contributed by atoms with van der Waals surface area (Å²) >= 11 is 0. The third-order valence-electron chi connectivity index (χ3n) is 2.63. The highest BCUT2D eigenvalue weighted by atomic mass is 16.4. The predicted molar refractivity (Wildman–Crippen MR) is 71.7 cm³/mol. The molecular weight excluding hydrogens is 248 g/mol. The van der Waals surface area contributed by atoms with Crippen LogP contribution in [0.2, 0.25) is 0 Å². The van der Waals surface area contributed by atoms with E-state index in [1.165, 1.54) is 0 Å². The molecule has 0 fully saturated rings. The molecule has 0 spiro atoms. The molecule has 0 radical (unpaired) electrons. The van der Waals surface area contributed by atoms with Crippen molar-refractivity contribution in [3.63, 3.8) is 0 Å². The van der Waals surface area contributed by atoms with Crippen molar-refractivity contribution in [3.05, 3.63) is 0 Å². The molecule has 1 atom stereocenters. The highest BCUT2D eigenvalue weighted by Gasteiger charge is 2.14. The number of nitrogens with one attached hydrogen (secondary N) is 2. The van der Waals surface area contributed by atoms with Crippen LogP contribution in [0.15, 0.2) is 0 Å². The first-order chi connectivity index (χ1) is 8.95. The van der Waals surface area contributed by atoms with Gasteiger partial charge in [0.1, 0.15) is 0 Å². The first-order valence-corrected chi connectivity index (χ1v) is 6.75. The Morgan fingerprint density at radius 3 is 2.37 bits per heavy atom. The Labute approximate surface area is 113 Å². The lowest BCUT2D eigenvalue weighted by atomic mass is 10.0. The fourth-order valence-corrected chi connectivity index (χ4v) is 1.66. The normalized spacial score (nSPS) is 11.7. The lowest BCUT2D eigenvalue weighted by molar-refractivity contribution is -0.138. The van der Waals surface area contributed by atoms with Gasteiger partial charge in [-0.2, -0.15) is 0 Å². The first-order valence-electron chi connectivity index (χ1n) is 6.75. The molecule has 1 unspecified atom stereocenters. The molecule has 0 aromatic carbocycles. The van der Waals surface area contributed by atoms with E-state index in [9.17, 15) is 14.4 Å². The lowest BCUT2D eigenvalue weighted by Crippen LogP contribution is -2.40. The molecule has 0 aliphatic rings. The molecular formula is C13H24N2O4. The molecule has 0 heterocycles. The average Bonchev–Trinajstić information content (AvgIpc) is 2.26. The van der Waals surface area contributed by atoms with Crippen LogP contribution in [0.4, 0.5) is 4.79 Å². The topological polar surface area (TPSA) is 95.5 Å². The van der Waals surface area contributed by atoms with Gasteiger partial charge < -0.3 is 10.4 Å². The first kappa shape index (κ1) is 17.4. The Kier molecular flexibility index (Phi) is 9.48. The van der Waals surface area contributed by atoms with E-state index in [1.54, 1.807) is 6.92 Å². The maximum atomic E-state index is 11.4. The third-order valence-corrected chi connectivity index (χ3v) is 2.63. The Hall–Kier alpha value is -1.59. The van der Waals surface area contributed by atoms with Crippen LogP contribution in [-0.4, -0.2) is 29.6 Å². The zero-order chi connectivity index (χ0) is 14.7. The molecule has 3 N–H and O–H groups in total. The number of carboxylic acid groups (broad SMARTS) is 1. The number of hydrogen-bond acceptors (Lipinski definition) is 3.